The quantitative estimate of drug-likeness (QED) is 0.828. The van der Waals surface area contributed by atoms with Crippen molar-refractivity contribution in [2.45, 2.75) is 13.3 Å². The molecule has 1 N–H and O–H groups in total. The summed E-state index contributed by atoms with van der Waals surface area (Å²) in [5.41, 5.74) is 2.00. The molecule has 0 atom stereocenters. The Labute approximate surface area is 133 Å². The van der Waals surface area contributed by atoms with Gasteiger partial charge in [-0.25, -0.2) is 9.18 Å². The van der Waals surface area contributed by atoms with E-state index in [1.54, 1.807) is 24.3 Å². The van der Waals surface area contributed by atoms with Crippen LogP contribution in [-0.4, -0.2) is 30.0 Å². The molecular formula is C17H17FN2O3. The van der Waals surface area contributed by atoms with Crippen LogP contribution in [0.15, 0.2) is 42.6 Å². The first-order valence-corrected chi connectivity index (χ1v) is 7.15. The van der Waals surface area contributed by atoms with Crippen molar-refractivity contribution in [3.05, 3.63) is 65.2 Å². The van der Waals surface area contributed by atoms with Gasteiger partial charge >= 0.3 is 5.97 Å². The molecule has 0 spiro atoms. The van der Waals surface area contributed by atoms with E-state index in [0.717, 1.165) is 11.3 Å². The van der Waals surface area contributed by atoms with Crippen LogP contribution in [0.2, 0.25) is 0 Å². The van der Waals surface area contributed by atoms with Crippen molar-refractivity contribution in [1.82, 2.24) is 10.3 Å². The maximum atomic E-state index is 12.8. The number of aromatic nitrogens is 1. The van der Waals surface area contributed by atoms with Gasteiger partial charge in [-0.05, 0) is 43.2 Å². The molecule has 0 bridgehead atoms. The summed E-state index contributed by atoms with van der Waals surface area (Å²) in [5.74, 6) is -1.28. The lowest BCUT2D eigenvalue weighted by Gasteiger charge is -2.07. The molecule has 23 heavy (non-hydrogen) atoms. The molecule has 0 unspecified atom stereocenters. The van der Waals surface area contributed by atoms with E-state index in [2.05, 4.69) is 10.3 Å². The predicted octanol–water partition coefficient (Wildman–Crippen LogP) is 2.04. The highest BCUT2D eigenvalue weighted by Gasteiger charge is 2.10. The van der Waals surface area contributed by atoms with E-state index in [0.29, 0.717) is 18.5 Å². The number of hydrogen-bond acceptors (Lipinski definition) is 4. The Hall–Kier alpha value is -2.76. The van der Waals surface area contributed by atoms with Crippen molar-refractivity contribution in [2.75, 3.05) is 13.2 Å². The van der Waals surface area contributed by atoms with E-state index < -0.39 is 5.97 Å². The minimum atomic E-state index is -0.591. The van der Waals surface area contributed by atoms with Crippen molar-refractivity contribution in [1.29, 1.82) is 0 Å². The summed E-state index contributed by atoms with van der Waals surface area (Å²) >= 11 is 0. The predicted molar refractivity (Wildman–Crippen MR) is 82.4 cm³/mol. The van der Waals surface area contributed by atoms with Gasteiger partial charge in [-0.1, -0.05) is 12.1 Å². The number of amides is 1. The third-order valence-corrected chi connectivity index (χ3v) is 3.13. The molecule has 0 saturated carbocycles. The summed E-state index contributed by atoms with van der Waals surface area (Å²) in [7, 11) is 0. The number of nitrogens with one attached hydrogen (secondary N) is 1. The second-order valence-electron chi connectivity index (χ2n) is 4.99. The molecule has 1 amide bonds. The Morgan fingerprint density at radius 2 is 1.91 bits per heavy atom. The van der Waals surface area contributed by atoms with E-state index >= 15 is 0 Å². The fourth-order valence-corrected chi connectivity index (χ4v) is 1.85. The molecule has 0 aliphatic rings. The summed E-state index contributed by atoms with van der Waals surface area (Å²) in [5, 5.41) is 2.64. The highest BCUT2D eigenvalue weighted by molar-refractivity contribution is 5.90. The monoisotopic (exact) mass is 316 g/mol. The van der Waals surface area contributed by atoms with E-state index in [-0.39, 0.29) is 18.3 Å². The zero-order chi connectivity index (χ0) is 16.7. The summed E-state index contributed by atoms with van der Waals surface area (Å²) in [6.07, 6.45) is 1.98. The van der Waals surface area contributed by atoms with Crippen LogP contribution in [0.5, 0.6) is 0 Å². The Morgan fingerprint density at radius 3 is 2.57 bits per heavy atom. The Balaban J connectivity index is 1.69. The second-order valence-corrected chi connectivity index (χ2v) is 4.99. The van der Waals surface area contributed by atoms with Crippen molar-refractivity contribution >= 4 is 11.9 Å². The lowest BCUT2D eigenvalue weighted by Crippen LogP contribution is -2.30. The number of carbonyl (C=O) groups excluding carboxylic acids is 2. The molecule has 0 aliphatic carbocycles. The van der Waals surface area contributed by atoms with Crippen molar-refractivity contribution in [2.24, 2.45) is 0 Å². The van der Waals surface area contributed by atoms with Crippen LogP contribution in [0.3, 0.4) is 0 Å². The zero-order valence-electron chi connectivity index (χ0n) is 12.7. The fourth-order valence-electron chi connectivity index (χ4n) is 1.85. The van der Waals surface area contributed by atoms with Crippen LogP contribution in [0.4, 0.5) is 4.39 Å². The molecule has 0 saturated heterocycles. The van der Waals surface area contributed by atoms with Gasteiger partial charge in [-0.15, -0.1) is 0 Å². The molecule has 1 heterocycles. The number of aryl methyl sites for hydroxylation is 1. The number of ether oxygens (including phenoxy) is 1. The van der Waals surface area contributed by atoms with Crippen LogP contribution < -0.4 is 5.32 Å². The van der Waals surface area contributed by atoms with Gasteiger partial charge < -0.3 is 10.1 Å². The first-order chi connectivity index (χ1) is 11.0. The molecule has 5 nitrogen and oxygen atoms in total. The van der Waals surface area contributed by atoms with Crippen LogP contribution >= 0.6 is 0 Å². The Bertz CT molecular complexity index is 669. The number of hydrogen-bond donors (Lipinski definition) is 1. The Morgan fingerprint density at radius 1 is 1.17 bits per heavy atom. The number of esters is 1. The number of carbonyl (C=O) groups is 2. The Kier molecular flexibility index (Phi) is 5.80. The maximum Gasteiger partial charge on any atom is 0.340 e. The highest BCUT2D eigenvalue weighted by Crippen LogP contribution is 2.03. The normalized spacial score (nSPS) is 10.2. The third kappa shape index (κ3) is 5.50. The zero-order valence-corrected chi connectivity index (χ0v) is 12.7. The minimum absolute atomic E-state index is 0.296. The molecule has 2 aromatic rings. The third-order valence-electron chi connectivity index (χ3n) is 3.13. The maximum absolute atomic E-state index is 12.8. The van der Waals surface area contributed by atoms with Gasteiger partial charge in [0.1, 0.15) is 5.82 Å². The summed E-state index contributed by atoms with van der Waals surface area (Å²) in [6, 6.07) is 9.34. The van der Waals surface area contributed by atoms with Gasteiger partial charge in [0.05, 0.1) is 5.56 Å². The summed E-state index contributed by atoms with van der Waals surface area (Å²) < 4.78 is 17.7. The SMILES string of the molecule is Cc1ccc(C(=O)OCC(=O)NCCc2ccc(F)cc2)cn1. The van der Waals surface area contributed by atoms with Crippen LogP contribution in [0, 0.1) is 12.7 Å². The standard InChI is InChI=1S/C17H17FN2O3/c1-12-2-5-14(10-20-12)17(22)23-11-16(21)19-9-8-13-3-6-15(18)7-4-13/h2-7,10H,8-9,11H2,1H3,(H,19,21). The summed E-state index contributed by atoms with van der Waals surface area (Å²) in [6.45, 7) is 1.84. The first-order valence-electron chi connectivity index (χ1n) is 7.15. The summed E-state index contributed by atoms with van der Waals surface area (Å²) in [4.78, 5) is 27.3. The van der Waals surface area contributed by atoms with Gasteiger partial charge in [0.25, 0.3) is 5.91 Å². The average Bonchev–Trinajstić information content (AvgIpc) is 2.55. The van der Waals surface area contributed by atoms with Crippen LogP contribution in [-0.2, 0) is 16.0 Å². The van der Waals surface area contributed by atoms with Gasteiger partial charge in [-0.2, -0.15) is 0 Å². The number of halogens is 1. The number of benzene rings is 1. The smallest absolute Gasteiger partial charge is 0.340 e. The van der Waals surface area contributed by atoms with Crippen LogP contribution in [0.25, 0.3) is 0 Å². The number of rotatable bonds is 6. The van der Waals surface area contributed by atoms with Gasteiger partial charge in [-0.3, -0.25) is 9.78 Å². The van der Waals surface area contributed by atoms with Crippen molar-refractivity contribution in [3.8, 4) is 0 Å². The fraction of sp³-hybridized carbons (Fsp3) is 0.235. The molecule has 0 aliphatic heterocycles. The average molecular weight is 316 g/mol. The molecular weight excluding hydrogens is 299 g/mol. The molecule has 0 fully saturated rings. The lowest BCUT2D eigenvalue weighted by atomic mass is 10.1. The van der Waals surface area contributed by atoms with Crippen molar-refractivity contribution < 1.29 is 18.7 Å². The van der Waals surface area contributed by atoms with E-state index in [4.69, 9.17) is 4.74 Å². The first kappa shape index (κ1) is 16.6. The molecule has 1 aromatic carbocycles. The molecule has 0 radical (unpaired) electrons. The minimum Gasteiger partial charge on any atom is -0.452 e. The molecule has 2 rings (SSSR count). The highest BCUT2D eigenvalue weighted by atomic mass is 19.1. The van der Waals surface area contributed by atoms with E-state index in [1.165, 1.54) is 18.3 Å². The van der Waals surface area contributed by atoms with E-state index in [9.17, 15) is 14.0 Å². The number of nitrogens with zero attached hydrogens (tertiary/aromatic N) is 1. The van der Waals surface area contributed by atoms with Gasteiger partial charge in [0, 0.05) is 18.4 Å². The molecule has 120 valence electrons. The lowest BCUT2D eigenvalue weighted by molar-refractivity contribution is -0.124. The van der Waals surface area contributed by atoms with Gasteiger partial charge in [0.15, 0.2) is 6.61 Å². The topological polar surface area (TPSA) is 68.3 Å². The van der Waals surface area contributed by atoms with E-state index in [1.807, 2.05) is 6.92 Å². The second kappa shape index (κ2) is 8.03. The number of pyridine rings is 1. The van der Waals surface area contributed by atoms with Crippen molar-refractivity contribution in [3.63, 3.8) is 0 Å². The molecule has 6 heteroatoms. The largest absolute Gasteiger partial charge is 0.452 e. The molecule has 1 aromatic heterocycles. The van der Waals surface area contributed by atoms with Crippen LogP contribution in [0.1, 0.15) is 21.6 Å². The van der Waals surface area contributed by atoms with Gasteiger partial charge in [0.2, 0.25) is 0 Å².